The molecule has 1 aromatic heterocycles. The second-order valence-electron chi connectivity index (χ2n) is 2.99. The van der Waals surface area contributed by atoms with Gasteiger partial charge in [-0.15, -0.1) is 0 Å². The van der Waals surface area contributed by atoms with Gasteiger partial charge in [0, 0.05) is 0 Å². The fourth-order valence-electron chi connectivity index (χ4n) is 1.36. The molecule has 5 nitrogen and oxygen atoms in total. The van der Waals surface area contributed by atoms with Gasteiger partial charge in [-0.1, -0.05) is 0 Å². The normalized spacial score (nSPS) is 10.4. The summed E-state index contributed by atoms with van der Waals surface area (Å²) in [6, 6.07) is 3.04. The van der Waals surface area contributed by atoms with E-state index in [1.807, 2.05) is 0 Å². The molecule has 0 bridgehead atoms. The number of carbonyl (C=O) groups excluding carboxylic acids is 1. The molecule has 2 rings (SSSR count). The van der Waals surface area contributed by atoms with Crippen LogP contribution in [-0.4, -0.2) is 25.2 Å². The number of halogens is 1. The Kier molecular flexibility index (Phi) is 2.70. The molecular weight excluding hydrogens is 234 g/mol. The Hall–Kier alpha value is -1.75. The molecule has 0 N–H and O–H groups in total. The summed E-state index contributed by atoms with van der Waals surface area (Å²) in [5, 5.41) is -0.00434. The Morgan fingerprint density at radius 1 is 1.44 bits per heavy atom. The van der Waals surface area contributed by atoms with Gasteiger partial charge < -0.3 is 13.9 Å². The zero-order chi connectivity index (χ0) is 11.7. The Labute approximate surface area is 95.9 Å². The lowest BCUT2D eigenvalue weighted by Crippen LogP contribution is -2.01. The van der Waals surface area contributed by atoms with Crippen LogP contribution in [0.1, 0.15) is 10.4 Å². The van der Waals surface area contributed by atoms with E-state index in [1.165, 1.54) is 26.4 Å². The molecule has 0 saturated heterocycles. The topological polar surface area (TPSA) is 61.6 Å². The highest BCUT2D eigenvalue weighted by atomic mass is 35.5. The average Bonchev–Trinajstić information content (AvgIpc) is 2.66. The zero-order valence-corrected chi connectivity index (χ0v) is 9.37. The van der Waals surface area contributed by atoms with Crippen LogP contribution < -0.4 is 4.74 Å². The second kappa shape index (κ2) is 4.02. The number of hydrogen-bond donors (Lipinski definition) is 0. The molecule has 1 heterocycles. The van der Waals surface area contributed by atoms with E-state index in [9.17, 15) is 4.79 Å². The van der Waals surface area contributed by atoms with Crippen LogP contribution in [0, 0.1) is 0 Å². The summed E-state index contributed by atoms with van der Waals surface area (Å²) in [6.45, 7) is 0. The van der Waals surface area contributed by atoms with Gasteiger partial charge in [-0.25, -0.2) is 4.79 Å². The molecule has 1 aromatic carbocycles. The standard InChI is InChI=1S/C10H8ClNO4/c1-14-7-4-5(9(13)15-2)3-6-8(7)16-10(11)12-6/h3-4H,1-2H3. The van der Waals surface area contributed by atoms with E-state index < -0.39 is 5.97 Å². The molecule has 0 radical (unpaired) electrons. The minimum atomic E-state index is -0.473. The van der Waals surface area contributed by atoms with Crippen molar-refractivity contribution in [1.29, 1.82) is 0 Å². The molecular formula is C10H8ClNO4. The highest BCUT2D eigenvalue weighted by Gasteiger charge is 2.15. The van der Waals surface area contributed by atoms with Crippen LogP contribution in [0.3, 0.4) is 0 Å². The quantitative estimate of drug-likeness (QED) is 0.755. The number of methoxy groups -OCH3 is 2. The summed E-state index contributed by atoms with van der Waals surface area (Å²) in [5.74, 6) is -0.0865. The lowest BCUT2D eigenvalue weighted by atomic mass is 10.2. The van der Waals surface area contributed by atoms with E-state index in [0.717, 1.165) is 0 Å². The summed E-state index contributed by atoms with van der Waals surface area (Å²) in [7, 11) is 2.76. The molecule has 84 valence electrons. The maximum atomic E-state index is 11.4. The average molecular weight is 242 g/mol. The van der Waals surface area contributed by atoms with Crippen molar-refractivity contribution in [2.45, 2.75) is 0 Å². The van der Waals surface area contributed by atoms with Crippen LogP contribution in [0.2, 0.25) is 5.35 Å². The summed E-state index contributed by atoms with van der Waals surface area (Å²) >= 11 is 5.63. The lowest BCUT2D eigenvalue weighted by Gasteiger charge is -2.03. The molecule has 0 amide bonds. The van der Waals surface area contributed by atoms with Crippen molar-refractivity contribution in [3.8, 4) is 5.75 Å². The number of ether oxygens (including phenoxy) is 2. The summed E-state index contributed by atoms with van der Waals surface area (Å²) in [4.78, 5) is 15.3. The van der Waals surface area contributed by atoms with Crippen LogP contribution >= 0.6 is 11.6 Å². The molecule has 6 heteroatoms. The van der Waals surface area contributed by atoms with Crippen LogP contribution in [0.15, 0.2) is 16.5 Å². The molecule has 0 saturated carbocycles. The fraction of sp³-hybridized carbons (Fsp3) is 0.200. The number of aromatic nitrogens is 1. The van der Waals surface area contributed by atoms with Gasteiger partial charge in [0.05, 0.1) is 19.8 Å². The number of oxazole rings is 1. The number of nitrogens with zero attached hydrogens (tertiary/aromatic N) is 1. The molecule has 0 fully saturated rings. The fourth-order valence-corrected chi connectivity index (χ4v) is 1.53. The Balaban J connectivity index is 2.67. The smallest absolute Gasteiger partial charge is 0.338 e. The van der Waals surface area contributed by atoms with Crippen molar-refractivity contribution < 1.29 is 18.7 Å². The van der Waals surface area contributed by atoms with Crippen LogP contribution in [0.25, 0.3) is 11.1 Å². The van der Waals surface area contributed by atoms with Crippen molar-refractivity contribution in [3.63, 3.8) is 0 Å². The first-order valence-corrected chi connectivity index (χ1v) is 4.76. The van der Waals surface area contributed by atoms with Gasteiger partial charge >= 0.3 is 5.97 Å². The molecule has 0 aliphatic heterocycles. The molecule has 2 aromatic rings. The minimum Gasteiger partial charge on any atom is -0.493 e. The summed E-state index contributed by atoms with van der Waals surface area (Å²) in [6.07, 6.45) is 0. The predicted molar refractivity (Wildman–Crippen MR) is 56.9 cm³/mol. The van der Waals surface area contributed by atoms with E-state index in [4.69, 9.17) is 20.8 Å². The monoisotopic (exact) mass is 241 g/mol. The van der Waals surface area contributed by atoms with Crippen LogP contribution in [0.5, 0.6) is 5.75 Å². The van der Waals surface area contributed by atoms with Gasteiger partial charge in [0.1, 0.15) is 5.52 Å². The van der Waals surface area contributed by atoms with E-state index in [0.29, 0.717) is 22.4 Å². The third-order valence-corrected chi connectivity index (χ3v) is 2.23. The van der Waals surface area contributed by atoms with Gasteiger partial charge in [0.25, 0.3) is 5.35 Å². The number of fused-ring (bicyclic) bond motifs is 1. The van der Waals surface area contributed by atoms with Crippen LogP contribution in [-0.2, 0) is 4.74 Å². The largest absolute Gasteiger partial charge is 0.493 e. The highest BCUT2D eigenvalue weighted by Crippen LogP contribution is 2.29. The zero-order valence-electron chi connectivity index (χ0n) is 8.61. The van der Waals surface area contributed by atoms with Gasteiger partial charge in [-0.05, 0) is 23.7 Å². The first-order chi connectivity index (χ1) is 7.65. The molecule has 0 atom stereocenters. The minimum absolute atomic E-state index is 0.00434. The van der Waals surface area contributed by atoms with E-state index in [-0.39, 0.29) is 5.35 Å². The number of rotatable bonds is 2. The maximum absolute atomic E-state index is 11.4. The predicted octanol–water partition coefficient (Wildman–Crippen LogP) is 2.28. The van der Waals surface area contributed by atoms with Crippen molar-refractivity contribution >= 4 is 28.7 Å². The summed E-state index contributed by atoms with van der Waals surface area (Å²) < 4.78 is 14.8. The van der Waals surface area contributed by atoms with Gasteiger partial charge in [0.15, 0.2) is 11.3 Å². The van der Waals surface area contributed by atoms with Crippen molar-refractivity contribution in [3.05, 3.63) is 23.0 Å². The van der Waals surface area contributed by atoms with E-state index >= 15 is 0 Å². The van der Waals surface area contributed by atoms with Crippen LogP contribution in [0.4, 0.5) is 0 Å². The highest BCUT2D eigenvalue weighted by molar-refractivity contribution is 6.28. The molecule has 0 aliphatic carbocycles. The third-order valence-electron chi connectivity index (χ3n) is 2.07. The Morgan fingerprint density at radius 3 is 2.81 bits per heavy atom. The molecule has 0 unspecified atom stereocenters. The third kappa shape index (κ3) is 1.69. The SMILES string of the molecule is COC(=O)c1cc(OC)c2oc(Cl)nc2c1. The van der Waals surface area contributed by atoms with Crippen molar-refractivity contribution in [2.75, 3.05) is 14.2 Å². The second-order valence-corrected chi connectivity index (χ2v) is 3.31. The van der Waals surface area contributed by atoms with E-state index in [2.05, 4.69) is 9.72 Å². The summed E-state index contributed by atoms with van der Waals surface area (Å²) in [5.41, 5.74) is 1.18. The van der Waals surface area contributed by atoms with Crippen molar-refractivity contribution in [1.82, 2.24) is 4.98 Å². The first-order valence-electron chi connectivity index (χ1n) is 4.38. The Bertz CT molecular complexity index is 549. The van der Waals surface area contributed by atoms with Gasteiger partial charge in [0.2, 0.25) is 0 Å². The molecule has 0 aliphatic rings. The molecule has 16 heavy (non-hydrogen) atoms. The number of benzene rings is 1. The number of esters is 1. The molecule has 0 spiro atoms. The first kappa shape index (κ1) is 10.8. The van der Waals surface area contributed by atoms with Gasteiger partial charge in [-0.3, -0.25) is 0 Å². The lowest BCUT2D eigenvalue weighted by molar-refractivity contribution is 0.0600. The van der Waals surface area contributed by atoms with Crippen molar-refractivity contribution in [2.24, 2.45) is 0 Å². The number of carbonyl (C=O) groups is 1. The maximum Gasteiger partial charge on any atom is 0.338 e. The van der Waals surface area contributed by atoms with E-state index in [1.54, 1.807) is 0 Å². The number of hydrogen-bond acceptors (Lipinski definition) is 5. The Morgan fingerprint density at radius 2 is 2.19 bits per heavy atom. The van der Waals surface area contributed by atoms with Gasteiger partial charge in [-0.2, -0.15) is 4.98 Å².